The molecule has 2 heteroatoms. The van der Waals surface area contributed by atoms with Gasteiger partial charge in [0.15, 0.2) is 0 Å². The van der Waals surface area contributed by atoms with Crippen molar-refractivity contribution in [2.75, 3.05) is 4.90 Å². The van der Waals surface area contributed by atoms with Gasteiger partial charge in [0.2, 0.25) is 0 Å². The number of benzene rings is 10. The molecule has 1 heterocycles. The van der Waals surface area contributed by atoms with Gasteiger partial charge in [-0.2, -0.15) is 0 Å². The molecule has 274 valence electrons. The van der Waals surface area contributed by atoms with Gasteiger partial charge in [-0.15, -0.1) is 11.3 Å². The molecule has 0 fully saturated rings. The Kier molecular flexibility index (Phi) is 6.87. The van der Waals surface area contributed by atoms with Crippen molar-refractivity contribution >= 4 is 70.8 Å². The van der Waals surface area contributed by atoms with E-state index in [0.717, 1.165) is 17.1 Å². The first kappa shape index (κ1) is 32.8. The number of fused-ring (bicyclic) bond motifs is 17. The molecule has 0 radical (unpaired) electrons. The molecule has 11 aromatic rings. The highest BCUT2D eigenvalue weighted by Gasteiger charge is 2.51. The fourth-order valence-corrected chi connectivity index (χ4v) is 11.7. The number of hydrogen-bond donors (Lipinski definition) is 0. The molecule has 10 aromatic carbocycles. The minimum atomic E-state index is -0.426. The first-order valence-corrected chi connectivity index (χ1v) is 21.2. The number of hydrogen-bond acceptors (Lipinski definition) is 2. The van der Waals surface area contributed by atoms with E-state index in [2.05, 4.69) is 217 Å². The smallest absolute Gasteiger partial charge is 0.0726 e. The van der Waals surface area contributed by atoms with Gasteiger partial charge in [0.05, 0.1) is 5.41 Å². The van der Waals surface area contributed by atoms with Gasteiger partial charge in [0, 0.05) is 26.6 Å². The van der Waals surface area contributed by atoms with Crippen molar-refractivity contribution in [3.05, 3.63) is 235 Å². The molecule has 13 rings (SSSR count). The molecule has 0 saturated carbocycles. The van der Waals surface area contributed by atoms with E-state index in [-0.39, 0.29) is 0 Å². The largest absolute Gasteiger partial charge is 0.310 e. The fraction of sp³-hybridized carbons (Fsp3) is 0.0175. The molecule has 0 unspecified atom stereocenters. The maximum absolute atomic E-state index is 2.50. The number of rotatable bonds is 4. The predicted octanol–water partition coefficient (Wildman–Crippen LogP) is 15.8. The van der Waals surface area contributed by atoms with E-state index >= 15 is 0 Å². The zero-order valence-electron chi connectivity index (χ0n) is 32.1. The van der Waals surface area contributed by atoms with E-state index < -0.39 is 5.41 Å². The molecule has 0 amide bonds. The molecular weight excluding hydrogens is 731 g/mol. The van der Waals surface area contributed by atoms with Crippen LogP contribution in [0.2, 0.25) is 0 Å². The molecule has 0 N–H and O–H groups in total. The Labute approximate surface area is 346 Å². The average molecular weight is 766 g/mol. The van der Waals surface area contributed by atoms with E-state index in [1.54, 1.807) is 0 Å². The zero-order chi connectivity index (χ0) is 38.7. The summed E-state index contributed by atoms with van der Waals surface area (Å²) in [4.78, 5) is 3.76. The summed E-state index contributed by atoms with van der Waals surface area (Å²) in [5.74, 6) is 0. The van der Waals surface area contributed by atoms with Crippen molar-refractivity contribution in [3.63, 3.8) is 0 Å². The van der Waals surface area contributed by atoms with Crippen molar-refractivity contribution in [3.8, 4) is 32.7 Å². The Balaban J connectivity index is 1.06. The summed E-state index contributed by atoms with van der Waals surface area (Å²) in [6, 6.07) is 79.4. The van der Waals surface area contributed by atoms with Crippen molar-refractivity contribution in [2.45, 2.75) is 5.41 Å². The van der Waals surface area contributed by atoms with Gasteiger partial charge in [-0.05, 0) is 136 Å². The van der Waals surface area contributed by atoms with Crippen LogP contribution in [0.5, 0.6) is 0 Å². The van der Waals surface area contributed by atoms with E-state index in [9.17, 15) is 0 Å². The molecule has 0 saturated heterocycles. The van der Waals surface area contributed by atoms with Crippen LogP contribution in [-0.2, 0) is 5.41 Å². The van der Waals surface area contributed by atoms with Crippen LogP contribution < -0.4 is 4.90 Å². The number of anilines is 3. The van der Waals surface area contributed by atoms with Crippen LogP contribution in [0.4, 0.5) is 17.1 Å². The van der Waals surface area contributed by atoms with Crippen LogP contribution in [0.3, 0.4) is 0 Å². The molecule has 1 spiro atoms. The van der Waals surface area contributed by atoms with E-state index in [4.69, 9.17) is 0 Å². The second kappa shape index (κ2) is 12.4. The van der Waals surface area contributed by atoms with Crippen LogP contribution in [0.1, 0.15) is 22.3 Å². The second-order valence-corrected chi connectivity index (χ2v) is 17.1. The Morgan fingerprint density at radius 3 is 1.39 bits per heavy atom. The third-order valence-electron chi connectivity index (χ3n) is 13.1. The van der Waals surface area contributed by atoms with Crippen LogP contribution in [-0.4, -0.2) is 0 Å². The SMILES string of the molecule is c1ccc2c(c1)-c1ccccc1C21c2ccccc2-c2ccc(N(c3ccc(-c4cc5ccccc5s4)cc3)c3ccc4c5ccccc5c5ccccc5c4c3)cc21. The number of thiophene rings is 1. The van der Waals surface area contributed by atoms with E-state index in [0.29, 0.717) is 0 Å². The molecule has 59 heavy (non-hydrogen) atoms. The van der Waals surface area contributed by atoms with Gasteiger partial charge < -0.3 is 4.90 Å². The molecule has 0 atom stereocenters. The molecular formula is C57H35NS. The van der Waals surface area contributed by atoms with Crippen molar-refractivity contribution in [1.82, 2.24) is 0 Å². The first-order chi connectivity index (χ1) is 29.3. The number of nitrogens with zero attached hydrogens (tertiary/aromatic N) is 1. The quantitative estimate of drug-likeness (QED) is 0.161. The third kappa shape index (κ3) is 4.55. The van der Waals surface area contributed by atoms with Gasteiger partial charge in [0.25, 0.3) is 0 Å². The third-order valence-corrected chi connectivity index (χ3v) is 14.2. The lowest BCUT2D eigenvalue weighted by atomic mass is 9.70. The second-order valence-electron chi connectivity index (χ2n) is 16.0. The molecule has 0 aliphatic heterocycles. The summed E-state index contributed by atoms with van der Waals surface area (Å²) >= 11 is 1.85. The topological polar surface area (TPSA) is 3.24 Å². The van der Waals surface area contributed by atoms with Crippen LogP contribution in [0.25, 0.3) is 75.1 Å². The summed E-state index contributed by atoms with van der Waals surface area (Å²) < 4.78 is 1.31. The highest BCUT2D eigenvalue weighted by molar-refractivity contribution is 7.22. The van der Waals surface area contributed by atoms with Crippen LogP contribution in [0.15, 0.2) is 212 Å². The van der Waals surface area contributed by atoms with Crippen LogP contribution in [0, 0.1) is 0 Å². The van der Waals surface area contributed by atoms with Gasteiger partial charge in [-0.25, -0.2) is 0 Å². The first-order valence-electron chi connectivity index (χ1n) is 20.4. The Morgan fingerprint density at radius 1 is 0.322 bits per heavy atom. The van der Waals surface area contributed by atoms with Crippen molar-refractivity contribution in [1.29, 1.82) is 0 Å². The highest BCUT2D eigenvalue weighted by Crippen LogP contribution is 2.63. The minimum Gasteiger partial charge on any atom is -0.310 e. The zero-order valence-corrected chi connectivity index (χ0v) is 32.9. The normalized spacial score (nSPS) is 13.2. The van der Waals surface area contributed by atoms with E-state index in [1.165, 1.54) is 97.4 Å². The lowest BCUT2D eigenvalue weighted by molar-refractivity contribution is 0.793. The highest BCUT2D eigenvalue weighted by atomic mass is 32.1. The van der Waals surface area contributed by atoms with E-state index in [1.807, 2.05) is 11.3 Å². The maximum Gasteiger partial charge on any atom is 0.0726 e. The summed E-state index contributed by atoms with van der Waals surface area (Å²) in [5, 5.41) is 8.93. The molecule has 1 aromatic heterocycles. The summed E-state index contributed by atoms with van der Waals surface area (Å²) in [5.41, 5.74) is 14.8. The van der Waals surface area contributed by atoms with Crippen molar-refractivity contribution < 1.29 is 0 Å². The predicted molar refractivity (Wildman–Crippen MR) is 251 cm³/mol. The van der Waals surface area contributed by atoms with Gasteiger partial charge in [-0.3, -0.25) is 0 Å². The Morgan fingerprint density at radius 2 is 0.780 bits per heavy atom. The Hall–Kier alpha value is -7.26. The lowest BCUT2D eigenvalue weighted by Gasteiger charge is -2.32. The molecule has 0 bridgehead atoms. The molecule has 2 aliphatic rings. The van der Waals surface area contributed by atoms with Gasteiger partial charge in [0.1, 0.15) is 0 Å². The van der Waals surface area contributed by atoms with Crippen LogP contribution >= 0.6 is 11.3 Å². The lowest BCUT2D eigenvalue weighted by Crippen LogP contribution is -2.26. The fourth-order valence-electron chi connectivity index (χ4n) is 10.6. The van der Waals surface area contributed by atoms with Gasteiger partial charge >= 0.3 is 0 Å². The summed E-state index contributed by atoms with van der Waals surface area (Å²) in [6.45, 7) is 0. The maximum atomic E-state index is 2.50. The standard InChI is InChI=1S/C57H35NS/c1-12-24-55-37(13-1)33-56(59-55)36-25-27-38(28-26-36)58(39-29-31-45-43-16-3-2-14-41(43)42-15-4-5-17-44(42)50(45)34-39)40-30-32-49-48-20-8-11-23-53(48)57(54(49)35-40)51-21-9-6-18-46(51)47-19-7-10-22-52(47)57/h1-35H. The molecule has 1 nitrogen and oxygen atoms in total. The average Bonchev–Trinajstić information content (AvgIpc) is 3.97. The monoisotopic (exact) mass is 765 g/mol. The Bertz CT molecular complexity index is 3390. The summed E-state index contributed by atoms with van der Waals surface area (Å²) in [6.07, 6.45) is 0. The molecule has 2 aliphatic carbocycles. The minimum absolute atomic E-state index is 0.426. The van der Waals surface area contributed by atoms with Gasteiger partial charge in [-0.1, -0.05) is 164 Å². The summed E-state index contributed by atoms with van der Waals surface area (Å²) in [7, 11) is 0. The van der Waals surface area contributed by atoms with Crippen molar-refractivity contribution in [2.24, 2.45) is 0 Å².